The topological polar surface area (TPSA) is 63.2 Å². The van der Waals surface area contributed by atoms with Crippen molar-refractivity contribution in [3.8, 4) is 5.75 Å². The number of nitrogens with zero attached hydrogens (tertiary/aromatic N) is 1. The van der Waals surface area contributed by atoms with E-state index in [9.17, 15) is 4.79 Å². The van der Waals surface area contributed by atoms with Gasteiger partial charge in [0.25, 0.3) is 5.91 Å². The quantitative estimate of drug-likeness (QED) is 0.702. The summed E-state index contributed by atoms with van der Waals surface area (Å²) in [6.07, 6.45) is 3.23. The molecule has 132 valence electrons. The lowest BCUT2D eigenvalue weighted by molar-refractivity contribution is 0.102. The number of benzene rings is 2. The molecule has 0 bridgehead atoms. The fraction of sp³-hybridized carbons (Fsp3) is 0.143. The van der Waals surface area contributed by atoms with Crippen molar-refractivity contribution in [2.24, 2.45) is 0 Å². The van der Waals surface area contributed by atoms with Gasteiger partial charge in [0.15, 0.2) is 0 Å². The normalized spacial score (nSPS) is 10.3. The van der Waals surface area contributed by atoms with Crippen LogP contribution in [0, 0.1) is 13.8 Å². The smallest absolute Gasteiger partial charge is 0.257 e. The van der Waals surface area contributed by atoms with E-state index < -0.39 is 0 Å². The molecule has 0 saturated heterocycles. The van der Waals surface area contributed by atoms with Crippen molar-refractivity contribution in [3.63, 3.8) is 0 Å². The zero-order chi connectivity index (χ0) is 18.5. The fourth-order valence-electron chi connectivity index (χ4n) is 2.68. The number of nitrogens with one attached hydrogen (secondary N) is 2. The van der Waals surface area contributed by atoms with Crippen molar-refractivity contribution in [3.05, 3.63) is 77.6 Å². The van der Waals surface area contributed by atoms with Crippen LogP contribution in [-0.4, -0.2) is 18.0 Å². The van der Waals surface area contributed by atoms with E-state index in [0.29, 0.717) is 17.0 Å². The Morgan fingerprint density at radius 3 is 2.58 bits per heavy atom. The van der Waals surface area contributed by atoms with Crippen LogP contribution in [0.4, 0.5) is 17.1 Å². The van der Waals surface area contributed by atoms with E-state index in [1.165, 1.54) is 11.8 Å². The Morgan fingerprint density at radius 2 is 1.81 bits per heavy atom. The molecule has 0 aliphatic rings. The van der Waals surface area contributed by atoms with Crippen LogP contribution in [0.1, 0.15) is 21.5 Å². The molecule has 0 unspecified atom stereocenters. The molecule has 1 amide bonds. The zero-order valence-corrected chi connectivity index (χ0v) is 15.0. The number of ether oxygens (including phenoxy) is 1. The molecular weight excluding hydrogens is 326 g/mol. The summed E-state index contributed by atoms with van der Waals surface area (Å²) in [6.45, 7) is 4.10. The third kappa shape index (κ3) is 4.00. The van der Waals surface area contributed by atoms with E-state index >= 15 is 0 Å². The number of amides is 1. The van der Waals surface area contributed by atoms with Crippen molar-refractivity contribution < 1.29 is 9.53 Å². The molecule has 1 aromatic heterocycles. The van der Waals surface area contributed by atoms with E-state index in [1.54, 1.807) is 31.5 Å². The highest BCUT2D eigenvalue weighted by Gasteiger charge is 2.11. The first-order chi connectivity index (χ1) is 12.6. The van der Waals surface area contributed by atoms with E-state index in [0.717, 1.165) is 16.9 Å². The average Bonchev–Trinajstić information content (AvgIpc) is 2.65. The zero-order valence-electron chi connectivity index (χ0n) is 15.0. The summed E-state index contributed by atoms with van der Waals surface area (Å²) in [7, 11) is 1.57. The number of methoxy groups -OCH3 is 1. The molecule has 0 spiro atoms. The number of pyridine rings is 1. The first-order valence-electron chi connectivity index (χ1n) is 8.30. The Kier molecular flexibility index (Phi) is 5.17. The van der Waals surface area contributed by atoms with Crippen LogP contribution < -0.4 is 15.4 Å². The molecule has 1 heterocycles. The van der Waals surface area contributed by atoms with Crippen LogP contribution >= 0.6 is 0 Å². The van der Waals surface area contributed by atoms with Crippen molar-refractivity contribution in [2.75, 3.05) is 17.7 Å². The molecular formula is C21H21N3O2. The SMILES string of the molecule is COc1ccccc1NC(=O)c1cncc(Nc2ccc(C)cc2C)c1. The Balaban J connectivity index is 1.79. The summed E-state index contributed by atoms with van der Waals surface area (Å²) in [5.74, 6) is 0.365. The molecule has 0 aliphatic carbocycles. The van der Waals surface area contributed by atoms with Crippen molar-refractivity contribution in [1.29, 1.82) is 0 Å². The summed E-state index contributed by atoms with van der Waals surface area (Å²) in [5, 5.41) is 6.17. The lowest BCUT2D eigenvalue weighted by Crippen LogP contribution is -2.13. The number of carbonyl (C=O) groups is 1. The van der Waals surface area contributed by atoms with Gasteiger partial charge in [-0.25, -0.2) is 0 Å². The molecule has 0 aliphatic heterocycles. The molecule has 0 fully saturated rings. The number of hydrogen-bond donors (Lipinski definition) is 2. The minimum absolute atomic E-state index is 0.244. The minimum Gasteiger partial charge on any atom is -0.495 e. The first-order valence-corrected chi connectivity index (χ1v) is 8.30. The van der Waals surface area contributed by atoms with Gasteiger partial charge in [0.2, 0.25) is 0 Å². The van der Waals surface area contributed by atoms with Crippen LogP contribution in [0.3, 0.4) is 0 Å². The molecule has 0 radical (unpaired) electrons. The van der Waals surface area contributed by atoms with Gasteiger partial charge in [-0.1, -0.05) is 29.8 Å². The number of rotatable bonds is 5. The van der Waals surface area contributed by atoms with Crippen LogP contribution in [0.15, 0.2) is 60.9 Å². The van der Waals surface area contributed by atoms with E-state index in [-0.39, 0.29) is 5.91 Å². The Labute approximate surface area is 153 Å². The molecule has 5 nitrogen and oxygen atoms in total. The van der Waals surface area contributed by atoms with Crippen molar-refractivity contribution >= 4 is 23.0 Å². The number of aryl methyl sites for hydroxylation is 2. The van der Waals surface area contributed by atoms with Crippen LogP contribution in [0.5, 0.6) is 5.75 Å². The van der Waals surface area contributed by atoms with Crippen molar-refractivity contribution in [2.45, 2.75) is 13.8 Å². The molecule has 26 heavy (non-hydrogen) atoms. The molecule has 0 atom stereocenters. The molecule has 2 aromatic carbocycles. The van der Waals surface area contributed by atoms with Gasteiger partial charge in [0.05, 0.1) is 30.2 Å². The second-order valence-electron chi connectivity index (χ2n) is 6.06. The summed E-state index contributed by atoms with van der Waals surface area (Å²) in [4.78, 5) is 16.7. The minimum atomic E-state index is -0.244. The second-order valence-corrected chi connectivity index (χ2v) is 6.06. The highest BCUT2D eigenvalue weighted by atomic mass is 16.5. The molecule has 3 rings (SSSR count). The maximum Gasteiger partial charge on any atom is 0.257 e. The summed E-state index contributed by atoms with van der Waals surface area (Å²) in [6, 6.07) is 15.2. The molecule has 3 aromatic rings. The van der Waals surface area contributed by atoms with Gasteiger partial charge in [-0.2, -0.15) is 0 Å². The Hall–Kier alpha value is -3.34. The maximum atomic E-state index is 12.6. The fourth-order valence-corrected chi connectivity index (χ4v) is 2.68. The lowest BCUT2D eigenvalue weighted by atomic mass is 10.1. The first kappa shape index (κ1) is 17.5. The van der Waals surface area contributed by atoms with E-state index in [1.807, 2.05) is 31.2 Å². The lowest BCUT2D eigenvalue weighted by Gasteiger charge is -2.12. The monoisotopic (exact) mass is 347 g/mol. The van der Waals surface area contributed by atoms with Gasteiger partial charge >= 0.3 is 0 Å². The second kappa shape index (κ2) is 7.70. The number of aromatic nitrogens is 1. The predicted octanol–water partition coefficient (Wildman–Crippen LogP) is 4.70. The van der Waals surface area contributed by atoms with Gasteiger partial charge in [-0.3, -0.25) is 9.78 Å². The Bertz CT molecular complexity index is 938. The van der Waals surface area contributed by atoms with Crippen LogP contribution in [0.25, 0.3) is 0 Å². The van der Waals surface area contributed by atoms with Gasteiger partial charge in [-0.05, 0) is 43.7 Å². The number of anilines is 3. The standard InChI is InChI=1S/C21H21N3O2/c1-14-8-9-18(15(2)10-14)23-17-11-16(12-22-13-17)21(25)24-19-6-4-5-7-20(19)26-3/h4-13,23H,1-3H3,(H,24,25). The average molecular weight is 347 g/mol. The van der Waals surface area contributed by atoms with Gasteiger partial charge < -0.3 is 15.4 Å². The van der Waals surface area contributed by atoms with Gasteiger partial charge in [0, 0.05) is 11.9 Å². The van der Waals surface area contributed by atoms with E-state index in [4.69, 9.17) is 4.74 Å². The maximum absolute atomic E-state index is 12.6. The highest BCUT2D eigenvalue weighted by Crippen LogP contribution is 2.25. The van der Waals surface area contributed by atoms with Crippen LogP contribution in [0.2, 0.25) is 0 Å². The third-order valence-electron chi connectivity index (χ3n) is 4.02. The highest BCUT2D eigenvalue weighted by molar-refractivity contribution is 6.05. The number of carbonyl (C=O) groups excluding carboxylic acids is 1. The van der Waals surface area contributed by atoms with Crippen LogP contribution in [-0.2, 0) is 0 Å². The summed E-state index contributed by atoms with van der Waals surface area (Å²) in [5.41, 5.74) is 5.16. The predicted molar refractivity (Wildman–Crippen MR) is 104 cm³/mol. The molecule has 2 N–H and O–H groups in total. The number of para-hydroxylation sites is 2. The summed E-state index contributed by atoms with van der Waals surface area (Å²) >= 11 is 0. The third-order valence-corrected chi connectivity index (χ3v) is 4.02. The van der Waals surface area contributed by atoms with Gasteiger partial charge in [0.1, 0.15) is 5.75 Å². The number of hydrogen-bond acceptors (Lipinski definition) is 4. The largest absolute Gasteiger partial charge is 0.495 e. The molecule has 5 heteroatoms. The van der Waals surface area contributed by atoms with E-state index in [2.05, 4.69) is 28.6 Å². The Morgan fingerprint density at radius 1 is 1.00 bits per heavy atom. The van der Waals surface area contributed by atoms with Gasteiger partial charge in [-0.15, -0.1) is 0 Å². The summed E-state index contributed by atoms with van der Waals surface area (Å²) < 4.78 is 5.26. The van der Waals surface area contributed by atoms with Crippen molar-refractivity contribution in [1.82, 2.24) is 4.98 Å². The molecule has 0 saturated carbocycles.